The topological polar surface area (TPSA) is 26.0 Å². The molecule has 0 fully saturated rings. The van der Waals surface area contributed by atoms with Gasteiger partial charge in [0.25, 0.3) is 0 Å². The van der Waals surface area contributed by atoms with Crippen molar-refractivity contribution in [2.24, 2.45) is 5.73 Å². The molecule has 0 aliphatic heterocycles. The summed E-state index contributed by atoms with van der Waals surface area (Å²) in [7, 11) is 0. The highest BCUT2D eigenvalue weighted by atomic mass is 14.6. The summed E-state index contributed by atoms with van der Waals surface area (Å²) in [6, 6.07) is 23.4. The zero-order valence-corrected chi connectivity index (χ0v) is 11.0. The molecule has 1 unspecified atom stereocenters. The SMILES string of the molecule is CC(N)c1ccccc1-c1ccc2ccccc2c1. The summed E-state index contributed by atoms with van der Waals surface area (Å²) in [5.74, 6) is 0. The molecule has 0 aliphatic rings. The van der Waals surface area contributed by atoms with Crippen LogP contribution in [-0.2, 0) is 0 Å². The number of nitrogens with two attached hydrogens (primary N) is 1. The zero-order valence-electron chi connectivity index (χ0n) is 11.0. The lowest BCUT2D eigenvalue weighted by Gasteiger charge is -2.13. The zero-order chi connectivity index (χ0) is 13.2. The van der Waals surface area contributed by atoms with Gasteiger partial charge in [0.1, 0.15) is 0 Å². The van der Waals surface area contributed by atoms with Gasteiger partial charge in [-0.15, -0.1) is 0 Å². The lowest BCUT2D eigenvalue weighted by molar-refractivity contribution is 0.820. The maximum absolute atomic E-state index is 6.06. The van der Waals surface area contributed by atoms with Crippen molar-refractivity contribution in [3.05, 3.63) is 72.3 Å². The number of fused-ring (bicyclic) bond motifs is 1. The Hall–Kier alpha value is -2.12. The van der Waals surface area contributed by atoms with E-state index in [9.17, 15) is 0 Å². The molecule has 19 heavy (non-hydrogen) atoms. The third-order valence-electron chi connectivity index (χ3n) is 3.51. The molecule has 0 amide bonds. The highest BCUT2D eigenvalue weighted by molar-refractivity contribution is 5.87. The molecule has 0 radical (unpaired) electrons. The molecule has 0 saturated heterocycles. The summed E-state index contributed by atoms with van der Waals surface area (Å²) in [6.45, 7) is 2.03. The minimum Gasteiger partial charge on any atom is -0.324 e. The Bertz CT molecular complexity index is 713. The van der Waals surface area contributed by atoms with Gasteiger partial charge in [-0.1, -0.05) is 60.7 Å². The van der Waals surface area contributed by atoms with E-state index in [0.717, 1.165) is 0 Å². The van der Waals surface area contributed by atoms with E-state index < -0.39 is 0 Å². The van der Waals surface area contributed by atoms with Crippen LogP contribution in [-0.4, -0.2) is 0 Å². The maximum Gasteiger partial charge on any atom is 0.0272 e. The first-order valence-electron chi connectivity index (χ1n) is 6.59. The van der Waals surface area contributed by atoms with Gasteiger partial charge < -0.3 is 5.73 Å². The number of hydrogen-bond acceptors (Lipinski definition) is 1. The molecule has 3 aromatic rings. The highest BCUT2D eigenvalue weighted by Gasteiger charge is 2.08. The highest BCUT2D eigenvalue weighted by Crippen LogP contribution is 2.29. The molecular weight excluding hydrogens is 230 g/mol. The largest absolute Gasteiger partial charge is 0.324 e. The molecule has 0 aromatic heterocycles. The van der Waals surface area contributed by atoms with Gasteiger partial charge in [0, 0.05) is 6.04 Å². The van der Waals surface area contributed by atoms with Crippen molar-refractivity contribution in [3.8, 4) is 11.1 Å². The Balaban J connectivity index is 2.19. The predicted molar refractivity (Wildman–Crippen MR) is 82.0 cm³/mol. The smallest absolute Gasteiger partial charge is 0.0272 e. The van der Waals surface area contributed by atoms with Crippen molar-refractivity contribution in [2.75, 3.05) is 0 Å². The van der Waals surface area contributed by atoms with Gasteiger partial charge in [0.05, 0.1) is 0 Å². The van der Waals surface area contributed by atoms with E-state index in [1.807, 2.05) is 13.0 Å². The van der Waals surface area contributed by atoms with Crippen molar-refractivity contribution in [3.63, 3.8) is 0 Å². The van der Waals surface area contributed by atoms with Crippen LogP contribution in [0.3, 0.4) is 0 Å². The average Bonchev–Trinajstić information content (AvgIpc) is 2.46. The van der Waals surface area contributed by atoms with Gasteiger partial charge in [-0.2, -0.15) is 0 Å². The molecule has 0 spiro atoms. The van der Waals surface area contributed by atoms with Crippen LogP contribution in [0, 0.1) is 0 Å². The summed E-state index contributed by atoms with van der Waals surface area (Å²) in [4.78, 5) is 0. The molecule has 3 rings (SSSR count). The maximum atomic E-state index is 6.06. The molecule has 1 nitrogen and oxygen atoms in total. The molecule has 94 valence electrons. The van der Waals surface area contributed by atoms with Crippen LogP contribution in [0.5, 0.6) is 0 Å². The third-order valence-corrected chi connectivity index (χ3v) is 3.51. The second kappa shape index (κ2) is 4.87. The summed E-state index contributed by atoms with van der Waals surface area (Å²) in [5.41, 5.74) is 9.71. The van der Waals surface area contributed by atoms with Crippen LogP contribution in [0.1, 0.15) is 18.5 Å². The first-order valence-corrected chi connectivity index (χ1v) is 6.59. The van der Waals surface area contributed by atoms with Crippen molar-refractivity contribution in [1.82, 2.24) is 0 Å². The van der Waals surface area contributed by atoms with Crippen LogP contribution in [0.15, 0.2) is 66.7 Å². The first kappa shape index (κ1) is 11.9. The third kappa shape index (κ3) is 2.25. The van der Waals surface area contributed by atoms with E-state index in [-0.39, 0.29) is 6.04 Å². The summed E-state index contributed by atoms with van der Waals surface area (Å²) >= 11 is 0. The number of hydrogen-bond donors (Lipinski definition) is 1. The molecule has 0 bridgehead atoms. The molecule has 0 heterocycles. The predicted octanol–water partition coefficient (Wildman–Crippen LogP) is 4.53. The molecular formula is C18H17N. The van der Waals surface area contributed by atoms with Crippen molar-refractivity contribution >= 4 is 10.8 Å². The second-order valence-electron chi connectivity index (χ2n) is 4.94. The van der Waals surface area contributed by atoms with Crippen molar-refractivity contribution in [2.45, 2.75) is 13.0 Å². The van der Waals surface area contributed by atoms with Crippen molar-refractivity contribution in [1.29, 1.82) is 0 Å². The van der Waals surface area contributed by atoms with E-state index >= 15 is 0 Å². The summed E-state index contributed by atoms with van der Waals surface area (Å²) in [5, 5.41) is 2.53. The molecule has 3 aromatic carbocycles. The Morgan fingerprint density at radius 1 is 0.789 bits per heavy atom. The first-order chi connectivity index (χ1) is 9.25. The molecule has 1 atom stereocenters. The van der Waals surface area contributed by atoms with E-state index in [4.69, 9.17) is 5.73 Å². The Labute approximate surface area is 113 Å². The fraction of sp³-hybridized carbons (Fsp3) is 0.111. The van der Waals surface area contributed by atoms with Gasteiger partial charge in [0.2, 0.25) is 0 Å². The Kier molecular flexibility index (Phi) is 3.06. The normalized spacial score (nSPS) is 12.5. The Morgan fingerprint density at radius 2 is 1.47 bits per heavy atom. The monoisotopic (exact) mass is 247 g/mol. The molecule has 2 N–H and O–H groups in total. The van der Waals surface area contributed by atoms with Crippen LogP contribution >= 0.6 is 0 Å². The fourth-order valence-electron chi connectivity index (χ4n) is 2.51. The van der Waals surface area contributed by atoms with E-state index in [1.54, 1.807) is 0 Å². The average molecular weight is 247 g/mol. The quantitative estimate of drug-likeness (QED) is 0.707. The van der Waals surface area contributed by atoms with E-state index in [1.165, 1.54) is 27.5 Å². The Morgan fingerprint density at radius 3 is 2.26 bits per heavy atom. The standard InChI is InChI=1S/C18H17N/c1-13(19)17-8-4-5-9-18(17)16-11-10-14-6-2-3-7-15(14)12-16/h2-13H,19H2,1H3. The number of benzene rings is 3. The van der Waals surface area contributed by atoms with Gasteiger partial charge in [-0.3, -0.25) is 0 Å². The van der Waals surface area contributed by atoms with Gasteiger partial charge in [0.15, 0.2) is 0 Å². The lowest BCUT2D eigenvalue weighted by Crippen LogP contribution is -2.06. The second-order valence-corrected chi connectivity index (χ2v) is 4.94. The van der Waals surface area contributed by atoms with Gasteiger partial charge in [-0.25, -0.2) is 0 Å². The molecule has 0 aliphatic carbocycles. The minimum atomic E-state index is 0.0441. The summed E-state index contributed by atoms with van der Waals surface area (Å²) in [6.07, 6.45) is 0. The van der Waals surface area contributed by atoms with E-state index in [0.29, 0.717) is 0 Å². The van der Waals surface area contributed by atoms with E-state index in [2.05, 4.69) is 60.7 Å². The van der Waals surface area contributed by atoms with Crippen LogP contribution < -0.4 is 5.73 Å². The van der Waals surface area contributed by atoms with Crippen LogP contribution in [0.2, 0.25) is 0 Å². The van der Waals surface area contributed by atoms with Crippen molar-refractivity contribution < 1.29 is 0 Å². The molecule has 1 heteroatoms. The minimum absolute atomic E-state index is 0.0441. The summed E-state index contributed by atoms with van der Waals surface area (Å²) < 4.78 is 0. The fourth-order valence-corrected chi connectivity index (χ4v) is 2.51. The lowest BCUT2D eigenvalue weighted by atomic mass is 9.94. The van der Waals surface area contributed by atoms with Crippen LogP contribution in [0.25, 0.3) is 21.9 Å². The van der Waals surface area contributed by atoms with Crippen LogP contribution in [0.4, 0.5) is 0 Å². The van der Waals surface area contributed by atoms with Gasteiger partial charge in [-0.05, 0) is 40.5 Å². The molecule has 0 saturated carbocycles. The van der Waals surface area contributed by atoms with Gasteiger partial charge >= 0.3 is 0 Å². The number of rotatable bonds is 2.